The van der Waals surface area contributed by atoms with Crippen LogP contribution >= 0.6 is 11.6 Å². The molecule has 0 saturated carbocycles. The molecule has 2 aromatic carbocycles. The van der Waals surface area contributed by atoms with Crippen LogP contribution in [0.15, 0.2) is 54.7 Å². The Kier molecular flexibility index (Phi) is 5.80. The summed E-state index contributed by atoms with van der Waals surface area (Å²) in [4.78, 5) is 26.0. The molecule has 0 radical (unpaired) electrons. The van der Waals surface area contributed by atoms with E-state index in [1.165, 1.54) is 4.90 Å². The molecule has 0 atom stereocenters. The Morgan fingerprint density at radius 2 is 1.86 bits per heavy atom. The zero-order chi connectivity index (χ0) is 20.3. The van der Waals surface area contributed by atoms with Crippen LogP contribution in [0.5, 0.6) is 0 Å². The van der Waals surface area contributed by atoms with Crippen LogP contribution < -0.4 is 5.32 Å². The molecule has 3 rings (SSSR count). The van der Waals surface area contributed by atoms with Gasteiger partial charge in [-0.25, -0.2) is 4.68 Å². The van der Waals surface area contributed by atoms with Gasteiger partial charge in [-0.3, -0.25) is 9.59 Å². The van der Waals surface area contributed by atoms with Crippen LogP contribution in [0.4, 0.5) is 0 Å². The van der Waals surface area contributed by atoms with E-state index in [4.69, 9.17) is 11.6 Å². The van der Waals surface area contributed by atoms with E-state index in [9.17, 15) is 9.59 Å². The highest BCUT2D eigenvalue weighted by molar-refractivity contribution is 6.30. The molecule has 6 nitrogen and oxygen atoms in total. The Hall–Kier alpha value is -3.12. The van der Waals surface area contributed by atoms with Gasteiger partial charge in [0.25, 0.3) is 11.8 Å². The molecule has 7 heteroatoms. The van der Waals surface area contributed by atoms with Gasteiger partial charge < -0.3 is 10.2 Å². The van der Waals surface area contributed by atoms with Gasteiger partial charge in [-0.15, -0.1) is 0 Å². The van der Waals surface area contributed by atoms with E-state index in [-0.39, 0.29) is 11.8 Å². The molecule has 2 amide bonds. The number of halogens is 1. The summed E-state index contributed by atoms with van der Waals surface area (Å²) in [6.07, 6.45) is 1.55. The van der Waals surface area contributed by atoms with Crippen molar-refractivity contribution < 1.29 is 9.59 Å². The van der Waals surface area contributed by atoms with Gasteiger partial charge in [0.2, 0.25) is 0 Å². The molecule has 0 saturated heterocycles. The first-order chi connectivity index (χ1) is 13.4. The van der Waals surface area contributed by atoms with E-state index in [0.717, 1.165) is 16.9 Å². The first-order valence-corrected chi connectivity index (χ1v) is 9.14. The number of rotatable bonds is 5. The normalized spacial score (nSPS) is 10.6. The average molecular weight is 397 g/mol. The first-order valence-electron chi connectivity index (χ1n) is 8.76. The van der Waals surface area contributed by atoms with Gasteiger partial charge in [-0.2, -0.15) is 5.10 Å². The highest BCUT2D eigenvalue weighted by Gasteiger charge is 2.15. The number of aromatic nitrogens is 2. The number of amides is 2. The topological polar surface area (TPSA) is 67.2 Å². The van der Waals surface area contributed by atoms with Crippen molar-refractivity contribution in [2.45, 2.75) is 13.5 Å². The van der Waals surface area contributed by atoms with Gasteiger partial charge in [0.05, 0.1) is 23.1 Å². The third kappa shape index (κ3) is 4.23. The Bertz CT molecular complexity index is 1010. The zero-order valence-electron chi connectivity index (χ0n) is 15.9. The molecule has 0 bridgehead atoms. The standard InChI is InChI=1S/C21H21ClN4O2/c1-14-19(13-24-26(14)18-6-4-5-17(22)11-18)20(27)23-12-15-7-9-16(10-8-15)21(28)25(2)3/h4-11,13H,12H2,1-3H3,(H,23,27). The van der Waals surface area contributed by atoms with E-state index in [0.29, 0.717) is 22.7 Å². The predicted octanol–water partition coefficient (Wildman–Crippen LogP) is 3.47. The fraction of sp³-hybridized carbons (Fsp3) is 0.190. The molecular weight excluding hydrogens is 376 g/mol. The second kappa shape index (κ2) is 8.27. The predicted molar refractivity (Wildman–Crippen MR) is 109 cm³/mol. The summed E-state index contributed by atoms with van der Waals surface area (Å²) in [5.74, 6) is -0.265. The quantitative estimate of drug-likeness (QED) is 0.718. The summed E-state index contributed by atoms with van der Waals surface area (Å²) in [6.45, 7) is 2.20. The van der Waals surface area contributed by atoms with Crippen molar-refractivity contribution in [2.24, 2.45) is 0 Å². The summed E-state index contributed by atoms with van der Waals surface area (Å²) in [5, 5.41) is 7.80. The van der Waals surface area contributed by atoms with Crippen LogP contribution in [-0.4, -0.2) is 40.6 Å². The molecule has 144 valence electrons. The minimum atomic E-state index is -0.209. The van der Waals surface area contributed by atoms with Crippen LogP contribution in [0.3, 0.4) is 0 Å². The minimum absolute atomic E-state index is 0.0559. The van der Waals surface area contributed by atoms with Crippen molar-refractivity contribution in [3.05, 3.63) is 82.1 Å². The maximum atomic E-state index is 12.6. The summed E-state index contributed by atoms with van der Waals surface area (Å²) in [7, 11) is 3.42. The van der Waals surface area contributed by atoms with Crippen molar-refractivity contribution in [1.82, 2.24) is 20.0 Å². The Morgan fingerprint density at radius 3 is 2.50 bits per heavy atom. The Balaban J connectivity index is 1.68. The molecule has 1 heterocycles. The molecule has 1 aromatic heterocycles. The minimum Gasteiger partial charge on any atom is -0.348 e. The summed E-state index contributed by atoms with van der Waals surface area (Å²) in [6, 6.07) is 14.5. The van der Waals surface area contributed by atoms with Gasteiger partial charge in [0, 0.05) is 31.2 Å². The second-order valence-corrected chi connectivity index (χ2v) is 7.05. The van der Waals surface area contributed by atoms with E-state index >= 15 is 0 Å². The highest BCUT2D eigenvalue weighted by Crippen LogP contribution is 2.18. The number of carbonyl (C=O) groups excluding carboxylic acids is 2. The smallest absolute Gasteiger partial charge is 0.255 e. The first kappa shape index (κ1) is 19.6. The van der Waals surface area contributed by atoms with Gasteiger partial charge in [0.15, 0.2) is 0 Å². The number of hydrogen-bond acceptors (Lipinski definition) is 3. The molecule has 0 aliphatic rings. The maximum absolute atomic E-state index is 12.6. The van der Waals surface area contributed by atoms with Gasteiger partial charge in [-0.05, 0) is 42.8 Å². The molecule has 0 aliphatic heterocycles. The Morgan fingerprint density at radius 1 is 1.14 bits per heavy atom. The molecule has 0 unspecified atom stereocenters. The summed E-state index contributed by atoms with van der Waals surface area (Å²) >= 11 is 6.04. The maximum Gasteiger partial charge on any atom is 0.255 e. The van der Waals surface area contributed by atoms with E-state index in [2.05, 4.69) is 10.4 Å². The number of carbonyl (C=O) groups is 2. The lowest BCUT2D eigenvalue weighted by molar-refractivity contribution is 0.0827. The summed E-state index contributed by atoms with van der Waals surface area (Å²) < 4.78 is 1.68. The van der Waals surface area contributed by atoms with Crippen LogP contribution in [0, 0.1) is 6.92 Å². The van der Waals surface area contributed by atoms with Crippen LogP contribution in [0.1, 0.15) is 32.0 Å². The van der Waals surface area contributed by atoms with Crippen LogP contribution in [0.2, 0.25) is 5.02 Å². The molecule has 3 aromatic rings. The van der Waals surface area contributed by atoms with Crippen molar-refractivity contribution in [2.75, 3.05) is 14.1 Å². The molecule has 1 N–H and O–H groups in total. The third-order valence-electron chi connectivity index (χ3n) is 4.37. The fourth-order valence-electron chi connectivity index (χ4n) is 2.80. The van der Waals surface area contributed by atoms with Gasteiger partial charge in [-0.1, -0.05) is 29.8 Å². The van der Waals surface area contributed by atoms with Gasteiger partial charge >= 0.3 is 0 Å². The molecule has 0 aliphatic carbocycles. The van der Waals surface area contributed by atoms with Crippen molar-refractivity contribution in [3.8, 4) is 5.69 Å². The summed E-state index contributed by atoms with van der Waals surface area (Å²) in [5.41, 5.74) is 3.54. The van der Waals surface area contributed by atoms with E-state index in [1.54, 1.807) is 49.2 Å². The number of nitrogens with zero attached hydrogens (tertiary/aromatic N) is 3. The number of hydrogen-bond donors (Lipinski definition) is 1. The number of benzene rings is 2. The lowest BCUT2D eigenvalue weighted by Crippen LogP contribution is -2.24. The lowest BCUT2D eigenvalue weighted by Gasteiger charge is -2.11. The molecular formula is C21H21ClN4O2. The van der Waals surface area contributed by atoms with Crippen molar-refractivity contribution in [1.29, 1.82) is 0 Å². The second-order valence-electron chi connectivity index (χ2n) is 6.61. The Labute approximate surface area is 168 Å². The van der Waals surface area contributed by atoms with Crippen LogP contribution in [0.25, 0.3) is 5.69 Å². The SMILES string of the molecule is Cc1c(C(=O)NCc2ccc(C(=O)N(C)C)cc2)cnn1-c1cccc(Cl)c1. The van der Waals surface area contributed by atoms with E-state index < -0.39 is 0 Å². The molecule has 0 spiro atoms. The largest absolute Gasteiger partial charge is 0.348 e. The van der Waals surface area contributed by atoms with Crippen molar-refractivity contribution >= 4 is 23.4 Å². The third-order valence-corrected chi connectivity index (χ3v) is 4.60. The fourth-order valence-corrected chi connectivity index (χ4v) is 2.99. The van der Waals surface area contributed by atoms with Crippen LogP contribution in [-0.2, 0) is 6.54 Å². The average Bonchev–Trinajstić information content (AvgIpc) is 3.07. The van der Waals surface area contributed by atoms with E-state index in [1.807, 2.05) is 31.2 Å². The van der Waals surface area contributed by atoms with Crippen molar-refractivity contribution in [3.63, 3.8) is 0 Å². The number of nitrogens with one attached hydrogen (secondary N) is 1. The van der Waals surface area contributed by atoms with Gasteiger partial charge in [0.1, 0.15) is 0 Å². The molecule has 0 fully saturated rings. The monoisotopic (exact) mass is 396 g/mol. The highest BCUT2D eigenvalue weighted by atomic mass is 35.5. The lowest BCUT2D eigenvalue weighted by atomic mass is 10.1. The zero-order valence-corrected chi connectivity index (χ0v) is 16.7. The molecule has 28 heavy (non-hydrogen) atoms.